The SMILES string of the molecule is Cl.NC(=O)C1CN(c2cccc(-c3ccccc3)c2)CC1c1cccs1. The minimum absolute atomic E-state index is 0. The number of hydrogen-bond donors (Lipinski definition) is 1. The second kappa shape index (κ2) is 7.94. The molecule has 5 heteroatoms. The number of anilines is 1. The van der Waals surface area contributed by atoms with E-state index in [-0.39, 0.29) is 30.2 Å². The van der Waals surface area contributed by atoms with E-state index < -0.39 is 0 Å². The molecule has 0 radical (unpaired) electrons. The van der Waals surface area contributed by atoms with Crippen molar-refractivity contribution < 1.29 is 4.79 Å². The number of rotatable bonds is 4. The van der Waals surface area contributed by atoms with E-state index in [1.54, 1.807) is 11.3 Å². The van der Waals surface area contributed by atoms with E-state index in [2.05, 4.69) is 52.7 Å². The molecule has 1 aliphatic heterocycles. The summed E-state index contributed by atoms with van der Waals surface area (Å²) in [5.41, 5.74) is 9.23. The van der Waals surface area contributed by atoms with Crippen molar-refractivity contribution in [2.75, 3.05) is 18.0 Å². The molecule has 0 bridgehead atoms. The van der Waals surface area contributed by atoms with E-state index in [4.69, 9.17) is 5.73 Å². The first-order valence-electron chi connectivity index (χ1n) is 8.45. The van der Waals surface area contributed by atoms with Crippen molar-refractivity contribution in [1.29, 1.82) is 0 Å². The van der Waals surface area contributed by atoms with Gasteiger partial charge in [-0.25, -0.2) is 0 Å². The fourth-order valence-corrected chi connectivity index (χ4v) is 4.49. The first kappa shape index (κ1) is 18.5. The number of amides is 1. The average molecular weight is 385 g/mol. The van der Waals surface area contributed by atoms with Crippen molar-refractivity contribution in [3.63, 3.8) is 0 Å². The zero-order valence-corrected chi connectivity index (χ0v) is 15.9. The van der Waals surface area contributed by atoms with Gasteiger partial charge in [-0.05, 0) is 34.7 Å². The van der Waals surface area contributed by atoms with Crippen LogP contribution in [-0.2, 0) is 4.79 Å². The Bertz CT molecular complexity index is 867. The predicted octanol–water partition coefficient (Wildman–Crippen LogP) is 4.54. The largest absolute Gasteiger partial charge is 0.370 e. The molecule has 0 saturated carbocycles. The van der Waals surface area contributed by atoms with Crippen LogP contribution in [-0.4, -0.2) is 19.0 Å². The summed E-state index contributed by atoms with van der Waals surface area (Å²) in [4.78, 5) is 15.5. The second-order valence-corrected chi connectivity index (χ2v) is 7.43. The predicted molar refractivity (Wildman–Crippen MR) is 111 cm³/mol. The molecule has 2 aromatic carbocycles. The van der Waals surface area contributed by atoms with E-state index >= 15 is 0 Å². The molecule has 0 spiro atoms. The van der Waals surface area contributed by atoms with Gasteiger partial charge < -0.3 is 10.6 Å². The highest BCUT2D eigenvalue weighted by molar-refractivity contribution is 7.10. The van der Waals surface area contributed by atoms with E-state index in [0.29, 0.717) is 6.54 Å². The topological polar surface area (TPSA) is 46.3 Å². The van der Waals surface area contributed by atoms with Crippen molar-refractivity contribution in [2.24, 2.45) is 11.7 Å². The van der Waals surface area contributed by atoms with Crippen molar-refractivity contribution in [3.8, 4) is 11.1 Å². The van der Waals surface area contributed by atoms with Gasteiger partial charge in [0.25, 0.3) is 0 Å². The number of benzene rings is 2. The normalized spacial score (nSPS) is 19.2. The summed E-state index contributed by atoms with van der Waals surface area (Å²) in [6.07, 6.45) is 0. The van der Waals surface area contributed by atoms with Gasteiger partial charge in [0.15, 0.2) is 0 Å². The maximum absolute atomic E-state index is 12.0. The Kier molecular flexibility index (Phi) is 5.64. The van der Waals surface area contributed by atoms with E-state index in [1.807, 2.05) is 24.3 Å². The highest BCUT2D eigenvalue weighted by atomic mass is 35.5. The molecule has 2 atom stereocenters. The number of thiophene rings is 1. The summed E-state index contributed by atoms with van der Waals surface area (Å²) in [6.45, 7) is 1.50. The Labute approximate surface area is 163 Å². The molecule has 1 amide bonds. The van der Waals surface area contributed by atoms with Crippen molar-refractivity contribution >= 4 is 35.3 Å². The standard InChI is InChI=1S/C21H20N2OS.ClH/c22-21(24)19-14-23(13-18(19)20-10-5-11-25-20)17-9-4-8-16(12-17)15-6-2-1-3-7-15;/h1-12,18-19H,13-14H2,(H2,22,24);1H. The molecular weight excluding hydrogens is 364 g/mol. The van der Waals surface area contributed by atoms with Crippen LogP contribution >= 0.6 is 23.7 Å². The minimum Gasteiger partial charge on any atom is -0.370 e. The summed E-state index contributed by atoms with van der Waals surface area (Å²) < 4.78 is 0. The Balaban J connectivity index is 0.00000196. The number of nitrogens with two attached hydrogens (primary N) is 1. The van der Waals surface area contributed by atoms with Gasteiger partial charge in [0, 0.05) is 29.6 Å². The molecule has 1 aliphatic rings. The molecule has 4 rings (SSSR count). The molecule has 134 valence electrons. The van der Waals surface area contributed by atoms with E-state index in [0.717, 1.165) is 12.2 Å². The number of carbonyl (C=O) groups excluding carboxylic acids is 1. The number of hydrogen-bond acceptors (Lipinski definition) is 3. The molecule has 1 fully saturated rings. The molecule has 1 saturated heterocycles. The Hall–Kier alpha value is -2.30. The van der Waals surface area contributed by atoms with Crippen LogP contribution in [0.1, 0.15) is 10.8 Å². The first-order valence-corrected chi connectivity index (χ1v) is 9.33. The lowest BCUT2D eigenvalue weighted by Gasteiger charge is -2.19. The van der Waals surface area contributed by atoms with Crippen LogP contribution in [0.3, 0.4) is 0 Å². The van der Waals surface area contributed by atoms with Gasteiger partial charge in [-0.15, -0.1) is 23.7 Å². The lowest BCUT2D eigenvalue weighted by atomic mass is 9.94. The van der Waals surface area contributed by atoms with Crippen LogP contribution < -0.4 is 10.6 Å². The van der Waals surface area contributed by atoms with Gasteiger partial charge in [0.2, 0.25) is 5.91 Å². The average Bonchev–Trinajstić information content (AvgIpc) is 3.32. The van der Waals surface area contributed by atoms with Gasteiger partial charge in [-0.2, -0.15) is 0 Å². The molecule has 26 heavy (non-hydrogen) atoms. The van der Waals surface area contributed by atoms with Crippen molar-refractivity contribution in [1.82, 2.24) is 0 Å². The Morgan fingerprint density at radius 1 is 0.962 bits per heavy atom. The van der Waals surface area contributed by atoms with Crippen LogP contribution in [0.25, 0.3) is 11.1 Å². The highest BCUT2D eigenvalue weighted by Gasteiger charge is 2.38. The summed E-state index contributed by atoms with van der Waals surface area (Å²) in [7, 11) is 0. The number of primary amides is 1. The molecule has 0 aliphatic carbocycles. The van der Waals surface area contributed by atoms with Crippen molar-refractivity contribution in [2.45, 2.75) is 5.92 Å². The van der Waals surface area contributed by atoms with Gasteiger partial charge in [-0.3, -0.25) is 4.79 Å². The van der Waals surface area contributed by atoms with Gasteiger partial charge in [0.05, 0.1) is 5.92 Å². The lowest BCUT2D eigenvalue weighted by Crippen LogP contribution is -2.29. The zero-order valence-electron chi connectivity index (χ0n) is 14.2. The Morgan fingerprint density at radius 3 is 2.42 bits per heavy atom. The highest BCUT2D eigenvalue weighted by Crippen LogP contribution is 2.38. The third kappa shape index (κ3) is 3.62. The number of halogens is 1. The second-order valence-electron chi connectivity index (χ2n) is 6.45. The third-order valence-corrected chi connectivity index (χ3v) is 5.92. The first-order chi connectivity index (χ1) is 12.2. The number of nitrogens with zero attached hydrogens (tertiary/aromatic N) is 1. The van der Waals surface area contributed by atoms with Crippen LogP contribution in [0.5, 0.6) is 0 Å². The van der Waals surface area contributed by atoms with Crippen LogP contribution in [0.4, 0.5) is 5.69 Å². The van der Waals surface area contributed by atoms with Crippen molar-refractivity contribution in [3.05, 3.63) is 77.0 Å². The van der Waals surface area contributed by atoms with Crippen LogP contribution in [0.2, 0.25) is 0 Å². The molecule has 3 aromatic rings. The summed E-state index contributed by atoms with van der Waals surface area (Å²) >= 11 is 1.70. The molecule has 2 unspecified atom stereocenters. The smallest absolute Gasteiger partial charge is 0.223 e. The monoisotopic (exact) mass is 384 g/mol. The molecule has 2 N–H and O–H groups in total. The fourth-order valence-electron chi connectivity index (χ4n) is 3.61. The van der Waals surface area contributed by atoms with Gasteiger partial charge in [-0.1, -0.05) is 48.5 Å². The maximum atomic E-state index is 12.0. The van der Waals surface area contributed by atoms with E-state index in [9.17, 15) is 4.79 Å². The van der Waals surface area contributed by atoms with Crippen LogP contribution in [0, 0.1) is 5.92 Å². The molecular formula is C21H21ClN2OS. The fraction of sp³-hybridized carbons (Fsp3) is 0.190. The number of carbonyl (C=O) groups is 1. The van der Waals surface area contributed by atoms with Gasteiger partial charge >= 0.3 is 0 Å². The third-order valence-electron chi connectivity index (χ3n) is 4.91. The quantitative estimate of drug-likeness (QED) is 0.717. The zero-order chi connectivity index (χ0) is 17.2. The molecule has 1 aromatic heterocycles. The van der Waals surface area contributed by atoms with Crippen LogP contribution in [0.15, 0.2) is 72.1 Å². The molecule has 2 heterocycles. The van der Waals surface area contributed by atoms with E-state index in [1.165, 1.54) is 16.0 Å². The summed E-state index contributed by atoms with van der Waals surface area (Å²) in [5, 5.41) is 2.06. The molecule has 3 nitrogen and oxygen atoms in total. The minimum atomic E-state index is -0.208. The van der Waals surface area contributed by atoms with Gasteiger partial charge in [0.1, 0.15) is 0 Å². The maximum Gasteiger partial charge on any atom is 0.223 e. The lowest BCUT2D eigenvalue weighted by molar-refractivity contribution is -0.121. The Morgan fingerprint density at radius 2 is 1.73 bits per heavy atom. The summed E-state index contributed by atoms with van der Waals surface area (Å²) in [6, 6.07) is 23.0. The summed E-state index contributed by atoms with van der Waals surface area (Å²) in [5.74, 6) is -0.169.